The molecule has 0 aliphatic heterocycles. The molecule has 0 aliphatic carbocycles. The Morgan fingerprint density at radius 2 is 1.15 bits per heavy atom. The minimum Gasteiger partial charge on any atom is -0.363 e. The van der Waals surface area contributed by atoms with Crippen molar-refractivity contribution in [2.45, 2.75) is 0 Å². The standard InChI is InChI=1S/C4H8N10O6/c5-3(6)11(13(17)18)9-1(15)2(16)10-12(4(7)8)14(19)20/h(H3,5,6)(H3,7,8)(H,9,15)(H,10,16). The van der Waals surface area contributed by atoms with Gasteiger partial charge in [0.05, 0.1) is 0 Å². The first-order valence-electron chi connectivity index (χ1n) is 4.26. The molecule has 0 saturated carbocycles. The van der Waals surface area contributed by atoms with Gasteiger partial charge >= 0.3 is 11.8 Å². The van der Waals surface area contributed by atoms with Crippen molar-refractivity contribution in [1.82, 2.24) is 21.1 Å². The van der Waals surface area contributed by atoms with Crippen LogP contribution in [0.2, 0.25) is 0 Å². The third kappa shape index (κ3) is 4.27. The molecule has 0 unspecified atom stereocenters. The number of carbonyl (C=O) groups excluding carboxylic acids is 2. The summed E-state index contributed by atoms with van der Waals surface area (Å²) < 4.78 is 0. The Morgan fingerprint density at radius 1 is 0.900 bits per heavy atom. The van der Waals surface area contributed by atoms with E-state index in [1.807, 2.05) is 0 Å². The van der Waals surface area contributed by atoms with Crippen LogP contribution in [0.15, 0.2) is 0 Å². The third-order valence-corrected chi connectivity index (χ3v) is 1.40. The van der Waals surface area contributed by atoms with E-state index in [0.717, 1.165) is 0 Å². The van der Waals surface area contributed by atoms with E-state index in [1.165, 1.54) is 10.9 Å². The molecule has 8 N–H and O–H groups in total. The second-order valence-electron chi connectivity index (χ2n) is 2.75. The average Bonchev–Trinajstić information content (AvgIpc) is 2.30. The quantitative estimate of drug-likeness (QED) is 0.0940. The zero-order valence-electron chi connectivity index (χ0n) is 9.39. The van der Waals surface area contributed by atoms with E-state index in [4.69, 9.17) is 22.3 Å². The van der Waals surface area contributed by atoms with Gasteiger partial charge in [-0.05, 0) is 0 Å². The SMILES string of the molecule is N=C(N)N(NC(=O)C(=O)NN(C(=N)N)[N+](=O)[O-])[N+](=O)[O-]. The predicted molar refractivity (Wildman–Crippen MR) is 57.8 cm³/mol. The Morgan fingerprint density at radius 3 is 1.30 bits per heavy atom. The van der Waals surface area contributed by atoms with Crippen LogP contribution in [-0.2, 0) is 9.59 Å². The first kappa shape index (κ1) is 16.3. The van der Waals surface area contributed by atoms with Crippen molar-refractivity contribution >= 4 is 23.7 Å². The van der Waals surface area contributed by atoms with Gasteiger partial charge in [0, 0.05) is 10.2 Å². The van der Waals surface area contributed by atoms with Crippen LogP contribution >= 0.6 is 0 Å². The van der Waals surface area contributed by atoms with E-state index in [0.29, 0.717) is 0 Å². The van der Waals surface area contributed by atoms with E-state index in [-0.39, 0.29) is 0 Å². The second-order valence-corrected chi connectivity index (χ2v) is 2.75. The Labute approximate surface area is 108 Å². The Kier molecular flexibility index (Phi) is 5.11. The van der Waals surface area contributed by atoms with Gasteiger partial charge in [-0.1, -0.05) is 0 Å². The number of hydrazine groups is 4. The number of nitrogens with zero attached hydrogens (tertiary/aromatic N) is 4. The largest absolute Gasteiger partial charge is 0.363 e. The van der Waals surface area contributed by atoms with Gasteiger partial charge in [-0.25, -0.2) is 20.2 Å². The highest BCUT2D eigenvalue weighted by molar-refractivity contribution is 6.35. The summed E-state index contributed by atoms with van der Waals surface area (Å²) in [4.78, 5) is 43.0. The first-order chi connectivity index (χ1) is 9.07. The molecule has 0 saturated heterocycles. The molecule has 0 spiro atoms. The zero-order chi connectivity index (χ0) is 16.0. The van der Waals surface area contributed by atoms with E-state index >= 15 is 0 Å². The topological polar surface area (TPSA) is 251 Å². The number of nitrogens with two attached hydrogens (primary N) is 2. The lowest BCUT2D eigenvalue weighted by atomic mass is 10.6. The molecule has 16 heteroatoms. The van der Waals surface area contributed by atoms with Crippen molar-refractivity contribution in [2.75, 3.05) is 0 Å². The van der Waals surface area contributed by atoms with Gasteiger partial charge in [-0.15, -0.1) is 0 Å². The lowest BCUT2D eigenvalue weighted by Gasteiger charge is -2.14. The highest BCUT2D eigenvalue weighted by Crippen LogP contribution is 1.85. The summed E-state index contributed by atoms with van der Waals surface area (Å²) in [7, 11) is 0. The van der Waals surface area contributed by atoms with Crippen LogP contribution in [0.25, 0.3) is 0 Å². The molecule has 0 heterocycles. The number of guanidine groups is 2. The average molecular weight is 292 g/mol. The van der Waals surface area contributed by atoms with Crippen molar-refractivity contribution in [1.29, 1.82) is 10.8 Å². The lowest BCUT2D eigenvalue weighted by molar-refractivity contribution is -0.641. The summed E-state index contributed by atoms with van der Waals surface area (Å²) in [5.74, 6) is -5.97. The normalized spacial score (nSPS) is 9.00. The zero-order valence-corrected chi connectivity index (χ0v) is 9.39. The summed E-state index contributed by atoms with van der Waals surface area (Å²) in [6, 6.07) is 0. The summed E-state index contributed by atoms with van der Waals surface area (Å²) in [6.45, 7) is 0. The predicted octanol–water partition coefficient (Wildman–Crippen LogP) is -4.18. The Bertz CT molecular complexity index is 414. The first-order valence-corrected chi connectivity index (χ1v) is 4.26. The van der Waals surface area contributed by atoms with Gasteiger partial charge in [-0.2, -0.15) is 10.9 Å². The van der Waals surface area contributed by atoms with Crippen LogP contribution < -0.4 is 22.3 Å². The van der Waals surface area contributed by atoms with Gasteiger partial charge in [-0.3, -0.25) is 20.4 Å². The van der Waals surface area contributed by atoms with Crippen molar-refractivity contribution < 1.29 is 19.7 Å². The molecule has 0 rings (SSSR count). The maximum atomic E-state index is 11.2. The van der Waals surface area contributed by atoms with Gasteiger partial charge in [0.2, 0.25) is 0 Å². The van der Waals surface area contributed by atoms with Crippen LogP contribution in [0.4, 0.5) is 0 Å². The lowest BCUT2D eigenvalue weighted by Crippen LogP contribution is -2.59. The van der Waals surface area contributed by atoms with Crippen molar-refractivity contribution in [2.24, 2.45) is 11.5 Å². The molecule has 0 fully saturated rings. The molecule has 0 aromatic carbocycles. The van der Waals surface area contributed by atoms with Crippen molar-refractivity contribution in [3.63, 3.8) is 0 Å². The van der Waals surface area contributed by atoms with Gasteiger partial charge < -0.3 is 11.5 Å². The fraction of sp³-hybridized carbons (Fsp3) is 0. The fourth-order valence-electron chi connectivity index (χ4n) is 0.672. The van der Waals surface area contributed by atoms with Crippen LogP contribution in [0, 0.1) is 31.0 Å². The molecule has 110 valence electrons. The number of rotatable bonds is 2. The highest BCUT2D eigenvalue weighted by Gasteiger charge is 2.29. The van der Waals surface area contributed by atoms with E-state index in [1.54, 1.807) is 0 Å². The molecule has 20 heavy (non-hydrogen) atoms. The van der Waals surface area contributed by atoms with Crippen LogP contribution in [0.5, 0.6) is 0 Å². The number of carbonyl (C=O) groups is 2. The molecule has 0 aromatic rings. The molecule has 16 nitrogen and oxygen atoms in total. The summed E-state index contributed by atoms with van der Waals surface area (Å²) in [5, 5.41) is 30.7. The van der Waals surface area contributed by atoms with Crippen molar-refractivity contribution in [3.05, 3.63) is 20.2 Å². The van der Waals surface area contributed by atoms with Crippen LogP contribution in [0.3, 0.4) is 0 Å². The van der Waals surface area contributed by atoms with E-state index < -0.39 is 44.0 Å². The second kappa shape index (κ2) is 6.28. The Hall–Kier alpha value is -3.72. The summed E-state index contributed by atoms with van der Waals surface area (Å²) in [5.41, 5.74) is 12.0. The van der Waals surface area contributed by atoms with Gasteiger partial charge in [0.15, 0.2) is 10.1 Å². The molecular weight excluding hydrogens is 284 g/mol. The maximum Gasteiger partial charge on any atom is 0.334 e. The summed E-state index contributed by atoms with van der Waals surface area (Å²) >= 11 is 0. The monoisotopic (exact) mass is 292 g/mol. The van der Waals surface area contributed by atoms with Gasteiger partial charge in [0.1, 0.15) is 0 Å². The third-order valence-electron chi connectivity index (χ3n) is 1.40. The number of hydrogen-bond donors (Lipinski definition) is 6. The number of nitrogens with one attached hydrogen (secondary N) is 4. The fourth-order valence-corrected chi connectivity index (χ4v) is 0.672. The summed E-state index contributed by atoms with van der Waals surface area (Å²) in [6.07, 6.45) is 0. The van der Waals surface area contributed by atoms with Crippen LogP contribution in [0.1, 0.15) is 0 Å². The Balaban J connectivity index is 4.83. The number of hydrogen-bond acceptors (Lipinski definition) is 8. The number of amides is 2. The smallest absolute Gasteiger partial charge is 0.334 e. The molecule has 0 radical (unpaired) electrons. The molecule has 0 atom stereocenters. The highest BCUT2D eigenvalue weighted by atomic mass is 16.7. The van der Waals surface area contributed by atoms with E-state index in [9.17, 15) is 29.8 Å². The van der Waals surface area contributed by atoms with E-state index in [2.05, 4.69) is 0 Å². The number of nitro groups is 2. The molecule has 0 bridgehead atoms. The molecule has 0 aliphatic rings. The molecule has 2 amide bonds. The molecule has 0 aromatic heterocycles. The van der Waals surface area contributed by atoms with Crippen molar-refractivity contribution in [3.8, 4) is 0 Å². The van der Waals surface area contributed by atoms with Crippen LogP contribution in [-0.4, -0.2) is 44.0 Å². The molecular formula is C4H8N10O6. The minimum absolute atomic E-state index is 0.411. The maximum absolute atomic E-state index is 11.2. The minimum atomic E-state index is -1.76. The van der Waals surface area contributed by atoms with Gasteiger partial charge in [0.25, 0.3) is 11.9 Å².